The van der Waals surface area contributed by atoms with Crippen molar-refractivity contribution >= 4 is 17.6 Å². The monoisotopic (exact) mass is 284 g/mol. The number of nitro benzene ring substituents is 1. The van der Waals surface area contributed by atoms with Gasteiger partial charge in [0, 0.05) is 6.07 Å². The zero-order valence-corrected chi connectivity index (χ0v) is 10.6. The largest absolute Gasteiger partial charge is 0.480 e. The second kappa shape index (κ2) is 6.60. The maximum absolute atomic E-state index is 13.1. The number of rotatable bonds is 6. The lowest BCUT2D eigenvalue weighted by Crippen LogP contribution is -2.40. The third-order valence-electron chi connectivity index (χ3n) is 2.58. The zero-order chi connectivity index (χ0) is 15.3. The van der Waals surface area contributed by atoms with Gasteiger partial charge >= 0.3 is 5.97 Å². The van der Waals surface area contributed by atoms with Crippen LogP contribution in [-0.2, 0) is 4.79 Å². The zero-order valence-electron chi connectivity index (χ0n) is 10.6. The molecule has 0 aliphatic rings. The summed E-state index contributed by atoms with van der Waals surface area (Å²) in [5.41, 5.74) is -1.08. The van der Waals surface area contributed by atoms with Crippen LogP contribution in [0.4, 0.5) is 10.1 Å². The predicted octanol–water partition coefficient (Wildman–Crippen LogP) is 1.72. The fourth-order valence-corrected chi connectivity index (χ4v) is 1.63. The minimum Gasteiger partial charge on any atom is -0.480 e. The Kier molecular flexibility index (Phi) is 5.13. The SMILES string of the molecule is CCCC(NC(=O)c1cc(F)ccc1[N+](=O)[O-])C(=O)O. The molecule has 0 heterocycles. The van der Waals surface area contributed by atoms with Gasteiger partial charge in [0.1, 0.15) is 17.4 Å². The van der Waals surface area contributed by atoms with Crippen LogP contribution < -0.4 is 5.32 Å². The second-order valence-corrected chi connectivity index (χ2v) is 4.07. The highest BCUT2D eigenvalue weighted by Crippen LogP contribution is 2.19. The molecule has 0 aliphatic heterocycles. The quantitative estimate of drug-likeness (QED) is 0.610. The van der Waals surface area contributed by atoms with E-state index in [2.05, 4.69) is 5.32 Å². The standard InChI is InChI=1S/C12H13FN2O5/c1-2-3-9(12(17)18)14-11(16)8-6-7(13)4-5-10(8)15(19)20/h4-6,9H,2-3H2,1H3,(H,14,16)(H,17,18). The van der Waals surface area contributed by atoms with E-state index in [1.165, 1.54) is 0 Å². The van der Waals surface area contributed by atoms with Crippen molar-refractivity contribution in [1.82, 2.24) is 5.32 Å². The normalized spacial score (nSPS) is 11.7. The molecule has 7 nitrogen and oxygen atoms in total. The van der Waals surface area contributed by atoms with Crippen LogP contribution in [0.2, 0.25) is 0 Å². The molecule has 0 radical (unpaired) electrons. The summed E-state index contributed by atoms with van der Waals surface area (Å²) in [7, 11) is 0. The van der Waals surface area contributed by atoms with Crippen molar-refractivity contribution in [3.8, 4) is 0 Å². The first kappa shape index (κ1) is 15.5. The highest BCUT2D eigenvalue weighted by molar-refractivity contribution is 5.99. The van der Waals surface area contributed by atoms with Gasteiger partial charge in [-0.25, -0.2) is 9.18 Å². The molecule has 108 valence electrons. The number of hydrogen-bond acceptors (Lipinski definition) is 4. The van der Waals surface area contributed by atoms with Gasteiger partial charge in [0.05, 0.1) is 4.92 Å². The minimum atomic E-state index is -1.25. The number of halogens is 1. The molecule has 1 rings (SSSR count). The highest BCUT2D eigenvalue weighted by atomic mass is 19.1. The Balaban J connectivity index is 3.05. The first-order valence-electron chi connectivity index (χ1n) is 5.84. The third kappa shape index (κ3) is 3.74. The summed E-state index contributed by atoms with van der Waals surface area (Å²) in [4.78, 5) is 32.7. The number of hydrogen-bond donors (Lipinski definition) is 2. The summed E-state index contributed by atoms with van der Waals surface area (Å²) in [5.74, 6) is -3.06. The van der Waals surface area contributed by atoms with Crippen LogP contribution in [0.1, 0.15) is 30.1 Å². The maximum atomic E-state index is 13.1. The average molecular weight is 284 g/mol. The van der Waals surface area contributed by atoms with Gasteiger partial charge in [0.15, 0.2) is 0 Å². The topological polar surface area (TPSA) is 110 Å². The van der Waals surface area contributed by atoms with Gasteiger partial charge in [-0.3, -0.25) is 14.9 Å². The van der Waals surface area contributed by atoms with Crippen molar-refractivity contribution in [1.29, 1.82) is 0 Å². The van der Waals surface area contributed by atoms with Gasteiger partial charge in [-0.1, -0.05) is 13.3 Å². The van der Waals surface area contributed by atoms with Crippen molar-refractivity contribution in [3.05, 3.63) is 39.7 Å². The van der Waals surface area contributed by atoms with E-state index >= 15 is 0 Å². The molecule has 20 heavy (non-hydrogen) atoms. The molecule has 1 unspecified atom stereocenters. The van der Waals surface area contributed by atoms with E-state index in [9.17, 15) is 24.1 Å². The van der Waals surface area contributed by atoms with Crippen LogP contribution >= 0.6 is 0 Å². The van der Waals surface area contributed by atoms with E-state index in [-0.39, 0.29) is 6.42 Å². The molecule has 0 saturated carbocycles. The first-order valence-corrected chi connectivity index (χ1v) is 5.84. The van der Waals surface area contributed by atoms with E-state index in [1.54, 1.807) is 6.92 Å². The average Bonchev–Trinajstić information content (AvgIpc) is 2.37. The van der Waals surface area contributed by atoms with Crippen LogP contribution in [-0.4, -0.2) is 27.9 Å². The van der Waals surface area contributed by atoms with E-state index in [0.717, 1.165) is 12.1 Å². The lowest BCUT2D eigenvalue weighted by Gasteiger charge is -2.13. The van der Waals surface area contributed by atoms with Gasteiger partial charge in [-0.2, -0.15) is 0 Å². The van der Waals surface area contributed by atoms with Gasteiger partial charge in [-0.15, -0.1) is 0 Å². The van der Waals surface area contributed by atoms with Gasteiger partial charge < -0.3 is 10.4 Å². The van der Waals surface area contributed by atoms with Crippen molar-refractivity contribution in [2.45, 2.75) is 25.8 Å². The molecule has 0 saturated heterocycles. The number of carbonyl (C=O) groups excluding carboxylic acids is 1. The number of carboxylic acid groups (broad SMARTS) is 1. The fourth-order valence-electron chi connectivity index (χ4n) is 1.63. The number of carbonyl (C=O) groups is 2. The van der Waals surface area contributed by atoms with E-state index in [4.69, 9.17) is 5.11 Å². The lowest BCUT2D eigenvalue weighted by molar-refractivity contribution is -0.385. The van der Waals surface area contributed by atoms with Crippen molar-refractivity contribution in [2.24, 2.45) is 0 Å². The Labute approximate surface area is 113 Å². The molecule has 1 aromatic carbocycles. The summed E-state index contributed by atoms with van der Waals surface area (Å²) in [5, 5.41) is 21.8. The second-order valence-electron chi connectivity index (χ2n) is 4.07. The summed E-state index contributed by atoms with van der Waals surface area (Å²) in [6, 6.07) is 1.25. The lowest BCUT2D eigenvalue weighted by atomic mass is 10.1. The number of carboxylic acids is 1. The van der Waals surface area contributed by atoms with Crippen LogP contribution in [0.5, 0.6) is 0 Å². The van der Waals surface area contributed by atoms with Gasteiger partial charge in [0.2, 0.25) is 0 Å². The molecule has 0 aromatic heterocycles. The molecule has 8 heteroatoms. The van der Waals surface area contributed by atoms with Crippen molar-refractivity contribution < 1.29 is 24.0 Å². The number of nitrogens with zero attached hydrogens (tertiary/aromatic N) is 1. The first-order chi connectivity index (χ1) is 9.36. The summed E-state index contributed by atoms with van der Waals surface area (Å²) < 4.78 is 13.1. The summed E-state index contributed by atoms with van der Waals surface area (Å²) in [6.45, 7) is 1.73. The molecular weight excluding hydrogens is 271 g/mol. The number of nitro groups is 1. The van der Waals surface area contributed by atoms with Crippen LogP contribution in [0.15, 0.2) is 18.2 Å². The van der Waals surface area contributed by atoms with Gasteiger partial charge in [0.25, 0.3) is 11.6 Å². The summed E-state index contributed by atoms with van der Waals surface area (Å²) in [6.07, 6.45) is 0.673. The van der Waals surface area contributed by atoms with E-state index in [0.29, 0.717) is 12.5 Å². The highest BCUT2D eigenvalue weighted by Gasteiger charge is 2.25. The molecule has 1 aromatic rings. The molecule has 0 fully saturated rings. The van der Waals surface area contributed by atoms with Crippen LogP contribution in [0.3, 0.4) is 0 Å². The summed E-state index contributed by atoms with van der Waals surface area (Å²) >= 11 is 0. The molecular formula is C12H13FN2O5. The predicted molar refractivity (Wildman–Crippen MR) is 66.9 cm³/mol. The fraction of sp³-hybridized carbons (Fsp3) is 0.333. The Morgan fingerprint density at radius 1 is 1.50 bits per heavy atom. The van der Waals surface area contributed by atoms with Crippen LogP contribution in [0.25, 0.3) is 0 Å². The molecule has 0 spiro atoms. The Morgan fingerprint density at radius 2 is 2.15 bits per heavy atom. The van der Waals surface area contributed by atoms with Gasteiger partial charge in [-0.05, 0) is 18.6 Å². The van der Waals surface area contributed by atoms with E-state index < -0.39 is 39.9 Å². The number of nitrogens with one attached hydrogen (secondary N) is 1. The molecule has 0 aliphatic carbocycles. The minimum absolute atomic E-state index is 0.171. The van der Waals surface area contributed by atoms with Crippen LogP contribution in [0, 0.1) is 15.9 Å². The molecule has 0 bridgehead atoms. The number of benzene rings is 1. The molecule has 1 amide bonds. The number of aliphatic carboxylic acids is 1. The Hall–Kier alpha value is -2.51. The van der Waals surface area contributed by atoms with Crippen molar-refractivity contribution in [3.63, 3.8) is 0 Å². The van der Waals surface area contributed by atoms with E-state index in [1.807, 2.05) is 0 Å². The van der Waals surface area contributed by atoms with Crippen molar-refractivity contribution in [2.75, 3.05) is 0 Å². The number of amides is 1. The third-order valence-corrected chi connectivity index (χ3v) is 2.58. The Bertz CT molecular complexity index is 547. The Morgan fingerprint density at radius 3 is 2.65 bits per heavy atom. The molecule has 1 atom stereocenters. The smallest absolute Gasteiger partial charge is 0.326 e. The molecule has 2 N–H and O–H groups in total. The maximum Gasteiger partial charge on any atom is 0.326 e.